The van der Waals surface area contributed by atoms with E-state index in [9.17, 15) is 13.0 Å². The molecule has 0 aliphatic rings. The van der Waals surface area contributed by atoms with Gasteiger partial charge in [0.05, 0.1) is 4.90 Å². The molecule has 0 fully saturated rings. The van der Waals surface area contributed by atoms with Crippen molar-refractivity contribution in [2.75, 3.05) is 13.2 Å². The van der Waals surface area contributed by atoms with E-state index in [2.05, 4.69) is 0 Å². The highest BCUT2D eigenvalue weighted by atomic mass is 32.2. The van der Waals surface area contributed by atoms with Crippen molar-refractivity contribution in [1.29, 1.82) is 0 Å². The van der Waals surface area contributed by atoms with Crippen LogP contribution >= 0.6 is 0 Å². The lowest BCUT2D eigenvalue weighted by Crippen LogP contribution is -2.11. The molecule has 19 heavy (non-hydrogen) atoms. The number of aryl methyl sites for hydroxylation is 1. The molecule has 0 atom stereocenters. The molecule has 0 spiro atoms. The minimum atomic E-state index is -4.27. The minimum Gasteiger partial charge on any atom is -0.744 e. The summed E-state index contributed by atoms with van der Waals surface area (Å²) in [6.45, 7) is 9.07. The molecule has 0 aliphatic heterocycles. The van der Waals surface area contributed by atoms with Gasteiger partial charge >= 0.3 is 0 Å². The van der Waals surface area contributed by atoms with E-state index in [1.54, 1.807) is 12.1 Å². The predicted octanol–water partition coefficient (Wildman–Crippen LogP) is 2.30. The van der Waals surface area contributed by atoms with Gasteiger partial charge in [0.1, 0.15) is 10.1 Å². The first-order valence-electron chi connectivity index (χ1n) is 6.07. The number of ether oxygens (including phenoxy) is 2. The van der Waals surface area contributed by atoms with Crippen molar-refractivity contribution in [3.63, 3.8) is 0 Å². The molecular weight excluding hydrogens is 268 g/mol. The lowest BCUT2D eigenvalue weighted by molar-refractivity contribution is -0.123. The van der Waals surface area contributed by atoms with Crippen LogP contribution in [0.3, 0.4) is 0 Å². The van der Waals surface area contributed by atoms with E-state index in [0.29, 0.717) is 0 Å². The highest BCUT2D eigenvalue weighted by molar-refractivity contribution is 7.85. The Hall–Kier alpha value is -0.950. The third kappa shape index (κ3) is 8.72. The van der Waals surface area contributed by atoms with Gasteiger partial charge in [0.15, 0.2) is 6.29 Å². The summed E-state index contributed by atoms with van der Waals surface area (Å²) in [5.74, 6) is 0. The summed E-state index contributed by atoms with van der Waals surface area (Å²) in [7, 11) is -4.27. The zero-order chi connectivity index (χ0) is 14.9. The lowest BCUT2D eigenvalue weighted by Gasteiger charge is -2.09. The Kier molecular flexibility index (Phi) is 8.58. The molecule has 5 nitrogen and oxygen atoms in total. The van der Waals surface area contributed by atoms with Crippen molar-refractivity contribution >= 4 is 10.1 Å². The predicted molar refractivity (Wildman–Crippen MR) is 71.9 cm³/mol. The van der Waals surface area contributed by atoms with Crippen LogP contribution < -0.4 is 0 Å². The Morgan fingerprint density at radius 1 is 1.11 bits per heavy atom. The first-order valence-corrected chi connectivity index (χ1v) is 7.47. The van der Waals surface area contributed by atoms with Crippen LogP contribution in [0.4, 0.5) is 0 Å². The molecule has 0 heterocycles. The van der Waals surface area contributed by atoms with E-state index in [-0.39, 0.29) is 11.2 Å². The fourth-order valence-corrected chi connectivity index (χ4v) is 1.69. The fraction of sp³-hybridized carbons (Fsp3) is 0.538. The van der Waals surface area contributed by atoms with Crippen LogP contribution in [0.2, 0.25) is 0 Å². The van der Waals surface area contributed by atoms with E-state index in [1.165, 1.54) is 12.1 Å². The molecule has 1 aromatic rings. The molecule has 0 saturated heterocycles. The van der Waals surface area contributed by atoms with Gasteiger partial charge in [-0.15, -0.1) is 0 Å². The normalized spacial score (nSPS) is 11.1. The number of rotatable bonds is 5. The van der Waals surface area contributed by atoms with Crippen LogP contribution in [0.15, 0.2) is 29.2 Å². The van der Waals surface area contributed by atoms with Gasteiger partial charge < -0.3 is 14.0 Å². The highest BCUT2D eigenvalue weighted by Crippen LogP contribution is 2.08. The largest absolute Gasteiger partial charge is 0.744 e. The van der Waals surface area contributed by atoms with Crippen molar-refractivity contribution < 1.29 is 22.4 Å². The zero-order valence-electron chi connectivity index (χ0n) is 11.8. The summed E-state index contributed by atoms with van der Waals surface area (Å²) < 4.78 is 41.3. The SMILES string of the molecule is CCOC(C)OCC.Cc1ccc(S(=O)(=O)[O-])cc1. The summed E-state index contributed by atoms with van der Waals surface area (Å²) in [5.41, 5.74) is 0.928. The quantitative estimate of drug-likeness (QED) is 0.614. The average molecular weight is 289 g/mol. The van der Waals surface area contributed by atoms with E-state index in [1.807, 2.05) is 27.7 Å². The molecule has 0 aliphatic carbocycles. The Labute approximate surface area is 115 Å². The van der Waals surface area contributed by atoms with Gasteiger partial charge in [0.2, 0.25) is 0 Å². The standard InChI is InChI=1S/C7H8O3S.C6H14O2/c1-6-2-4-7(5-3-6)11(8,9)10;1-4-7-6(3)8-5-2/h2-5H,1H3,(H,8,9,10);6H,4-5H2,1-3H3/p-1. The second-order valence-corrected chi connectivity index (χ2v) is 5.13. The molecule has 1 rings (SSSR count). The lowest BCUT2D eigenvalue weighted by atomic mass is 10.2. The maximum absolute atomic E-state index is 10.4. The summed E-state index contributed by atoms with van der Waals surface area (Å²) in [4.78, 5) is -0.178. The van der Waals surface area contributed by atoms with Crippen molar-refractivity contribution in [1.82, 2.24) is 0 Å². The number of hydrogen-bond acceptors (Lipinski definition) is 5. The maximum Gasteiger partial charge on any atom is 0.154 e. The number of benzene rings is 1. The molecule has 6 heteroatoms. The van der Waals surface area contributed by atoms with Gasteiger partial charge in [-0.25, -0.2) is 8.42 Å². The molecule has 1 aromatic carbocycles. The van der Waals surface area contributed by atoms with Gasteiger partial charge in [-0.1, -0.05) is 17.7 Å². The maximum atomic E-state index is 10.4. The van der Waals surface area contributed by atoms with Crippen molar-refractivity contribution in [3.05, 3.63) is 29.8 Å². The van der Waals surface area contributed by atoms with Crippen molar-refractivity contribution in [3.8, 4) is 0 Å². The monoisotopic (exact) mass is 289 g/mol. The molecule has 0 amide bonds. The van der Waals surface area contributed by atoms with E-state index in [4.69, 9.17) is 9.47 Å². The van der Waals surface area contributed by atoms with Gasteiger partial charge in [0, 0.05) is 13.2 Å². The molecule has 0 unspecified atom stereocenters. The van der Waals surface area contributed by atoms with Crippen LogP contribution in [-0.4, -0.2) is 32.5 Å². The topological polar surface area (TPSA) is 75.7 Å². The smallest absolute Gasteiger partial charge is 0.154 e. The Morgan fingerprint density at radius 3 is 1.84 bits per heavy atom. The Bertz CT molecular complexity index is 433. The molecule has 0 aromatic heterocycles. The second-order valence-electron chi connectivity index (χ2n) is 3.75. The third-order valence-corrected chi connectivity index (χ3v) is 2.96. The van der Waals surface area contributed by atoms with Gasteiger partial charge in [-0.3, -0.25) is 0 Å². The van der Waals surface area contributed by atoms with Crippen LogP contribution in [-0.2, 0) is 19.6 Å². The molecular formula is C13H21O5S-. The zero-order valence-corrected chi connectivity index (χ0v) is 12.6. The summed E-state index contributed by atoms with van der Waals surface area (Å²) in [6.07, 6.45) is -0.0370. The van der Waals surface area contributed by atoms with E-state index < -0.39 is 10.1 Å². The first kappa shape index (κ1) is 18.0. The molecule has 110 valence electrons. The summed E-state index contributed by atoms with van der Waals surface area (Å²) in [5, 5.41) is 0. The molecule has 0 radical (unpaired) electrons. The molecule has 0 N–H and O–H groups in total. The van der Waals surface area contributed by atoms with E-state index in [0.717, 1.165) is 18.8 Å². The minimum absolute atomic E-state index is 0.0370. The van der Waals surface area contributed by atoms with Crippen LogP contribution in [0.25, 0.3) is 0 Å². The summed E-state index contributed by atoms with van der Waals surface area (Å²) >= 11 is 0. The van der Waals surface area contributed by atoms with Crippen LogP contribution in [0.5, 0.6) is 0 Å². The average Bonchev–Trinajstić information content (AvgIpc) is 2.30. The van der Waals surface area contributed by atoms with Crippen molar-refractivity contribution in [2.45, 2.75) is 38.9 Å². The van der Waals surface area contributed by atoms with E-state index >= 15 is 0 Å². The fourth-order valence-electron chi connectivity index (χ4n) is 1.22. The highest BCUT2D eigenvalue weighted by Gasteiger charge is 1.97. The van der Waals surface area contributed by atoms with Gasteiger partial charge in [0.25, 0.3) is 0 Å². The third-order valence-electron chi connectivity index (χ3n) is 2.11. The number of hydrogen-bond donors (Lipinski definition) is 0. The Balaban J connectivity index is 0.000000362. The first-order chi connectivity index (χ1) is 8.81. The molecule has 0 saturated carbocycles. The van der Waals surface area contributed by atoms with Gasteiger partial charge in [-0.05, 0) is 39.8 Å². The van der Waals surface area contributed by atoms with Crippen LogP contribution in [0.1, 0.15) is 26.3 Å². The Morgan fingerprint density at radius 2 is 1.53 bits per heavy atom. The second kappa shape index (κ2) is 9.03. The summed E-state index contributed by atoms with van der Waals surface area (Å²) in [6, 6.07) is 5.78. The van der Waals surface area contributed by atoms with Crippen LogP contribution in [0, 0.1) is 6.92 Å². The van der Waals surface area contributed by atoms with Crippen molar-refractivity contribution in [2.24, 2.45) is 0 Å². The molecule has 0 bridgehead atoms. The van der Waals surface area contributed by atoms with Gasteiger partial charge in [-0.2, -0.15) is 0 Å².